The van der Waals surface area contributed by atoms with Crippen LogP contribution in [0.4, 0.5) is 0 Å². The number of aromatic amines is 1. The van der Waals surface area contributed by atoms with E-state index >= 15 is 0 Å². The highest BCUT2D eigenvalue weighted by atomic mass is 32.1. The number of unbranched alkanes of at least 4 members (excludes halogenated alkanes) is 7. The Hall–Kier alpha value is -3.54. The zero-order chi connectivity index (χ0) is 33.9. The number of aliphatic carboxylic acids is 1. The summed E-state index contributed by atoms with van der Waals surface area (Å²) in [5, 5.41) is 23.8. The summed E-state index contributed by atoms with van der Waals surface area (Å²) in [7, 11) is 0. The van der Waals surface area contributed by atoms with Crippen LogP contribution in [0, 0.1) is 0 Å². The molecule has 0 aliphatic carbocycles. The molecule has 3 aromatic rings. The van der Waals surface area contributed by atoms with Crippen molar-refractivity contribution in [3.05, 3.63) is 88.5 Å². The highest BCUT2D eigenvalue weighted by Crippen LogP contribution is 2.36. The van der Waals surface area contributed by atoms with Crippen molar-refractivity contribution in [1.82, 2.24) is 14.9 Å². The van der Waals surface area contributed by atoms with Crippen LogP contribution >= 0.6 is 12.6 Å². The van der Waals surface area contributed by atoms with Crippen LogP contribution in [0.25, 0.3) is 0 Å². The normalized spacial score (nSPS) is 13.3. The number of carbonyl (C=O) groups excluding carboxylic acids is 1. The Bertz CT molecular complexity index is 1340. The summed E-state index contributed by atoms with van der Waals surface area (Å²) < 4.78 is 12.2. The van der Waals surface area contributed by atoms with Crippen LogP contribution in [0.2, 0.25) is 0 Å². The van der Waals surface area contributed by atoms with E-state index in [0.29, 0.717) is 26.2 Å². The van der Waals surface area contributed by atoms with Gasteiger partial charge in [0.05, 0.1) is 19.4 Å². The summed E-state index contributed by atoms with van der Waals surface area (Å²) in [6.45, 7) is 3.22. The molecular weight excluding hydrogens is 618 g/mol. The Morgan fingerprint density at radius 2 is 1.40 bits per heavy atom. The Morgan fingerprint density at radius 1 is 0.851 bits per heavy atom. The Kier molecular flexibility index (Phi) is 16.7. The van der Waals surface area contributed by atoms with Gasteiger partial charge in [0.25, 0.3) is 0 Å². The van der Waals surface area contributed by atoms with Gasteiger partial charge in [-0.1, -0.05) is 106 Å². The van der Waals surface area contributed by atoms with Gasteiger partial charge in [0.2, 0.25) is 11.8 Å². The molecule has 0 fully saturated rings. The lowest BCUT2D eigenvalue weighted by atomic mass is 9.82. The Labute approximate surface area is 283 Å². The van der Waals surface area contributed by atoms with Crippen LogP contribution in [0.5, 0.6) is 5.88 Å². The highest BCUT2D eigenvalue weighted by Gasteiger charge is 2.43. The minimum absolute atomic E-state index is 0.0330. The molecule has 47 heavy (non-hydrogen) atoms. The number of aromatic hydroxyl groups is 1. The predicted molar refractivity (Wildman–Crippen MR) is 186 cm³/mol. The zero-order valence-electron chi connectivity index (χ0n) is 27.4. The number of carboxylic acids is 1. The van der Waals surface area contributed by atoms with Crippen LogP contribution in [0.3, 0.4) is 0 Å². The maximum absolute atomic E-state index is 14.6. The number of nitrogens with zero attached hydrogens (tertiary/aromatic N) is 1. The van der Waals surface area contributed by atoms with Gasteiger partial charge in [-0.3, -0.25) is 14.3 Å². The van der Waals surface area contributed by atoms with Crippen molar-refractivity contribution in [2.75, 3.05) is 32.2 Å². The first-order valence-electron chi connectivity index (χ1n) is 16.7. The molecule has 1 amide bonds. The van der Waals surface area contributed by atoms with Crippen molar-refractivity contribution < 1.29 is 29.3 Å². The number of imidazole rings is 1. The summed E-state index contributed by atoms with van der Waals surface area (Å²) in [6.07, 6.45) is 9.44. The monoisotopic (exact) mass is 669 g/mol. The molecule has 1 aromatic heterocycles. The zero-order valence-corrected chi connectivity index (χ0v) is 28.3. The average Bonchev–Trinajstić information content (AvgIpc) is 3.41. The van der Waals surface area contributed by atoms with Gasteiger partial charge in [-0.25, -0.2) is 9.59 Å². The molecular formula is C36H51N3O7S. The topological polar surface area (TPSA) is 143 Å². The summed E-state index contributed by atoms with van der Waals surface area (Å²) in [6, 6.07) is 17.3. The van der Waals surface area contributed by atoms with Crippen molar-refractivity contribution in [3.63, 3.8) is 0 Å². The van der Waals surface area contributed by atoms with Gasteiger partial charge in [-0.2, -0.15) is 12.6 Å². The lowest BCUT2D eigenvalue weighted by Gasteiger charge is -2.35. The second kappa shape index (κ2) is 20.6. The highest BCUT2D eigenvalue weighted by molar-refractivity contribution is 7.80. The van der Waals surface area contributed by atoms with E-state index in [-0.39, 0.29) is 19.4 Å². The van der Waals surface area contributed by atoms with Crippen molar-refractivity contribution in [1.29, 1.82) is 0 Å². The second-order valence-electron chi connectivity index (χ2n) is 11.8. The third-order valence-corrected chi connectivity index (χ3v) is 8.78. The first-order chi connectivity index (χ1) is 22.8. The maximum Gasteiger partial charge on any atom is 0.329 e. The molecule has 11 heteroatoms. The molecule has 2 unspecified atom stereocenters. The van der Waals surface area contributed by atoms with E-state index in [9.17, 15) is 24.6 Å². The molecule has 0 aliphatic heterocycles. The number of amides is 1. The number of thiol groups is 1. The minimum Gasteiger partial charge on any atom is -0.493 e. The van der Waals surface area contributed by atoms with E-state index in [2.05, 4.69) is 22.9 Å². The molecule has 258 valence electrons. The van der Waals surface area contributed by atoms with Gasteiger partial charge in [0.15, 0.2) is 0 Å². The van der Waals surface area contributed by atoms with E-state index in [0.717, 1.165) is 66.4 Å². The van der Waals surface area contributed by atoms with Gasteiger partial charge in [-0.15, -0.1) is 0 Å². The van der Waals surface area contributed by atoms with E-state index in [1.165, 1.54) is 6.20 Å². The fourth-order valence-electron chi connectivity index (χ4n) is 5.96. The number of carboxylic acid groups (broad SMARTS) is 1. The van der Waals surface area contributed by atoms with Gasteiger partial charge < -0.3 is 25.0 Å². The smallest absolute Gasteiger partial charge is 0.329 e. The largest absolute Gasteiger partial charge is 0.493 e. The van der Waals surface area contributed by atoms with E-state index in [1.54, 1.807) is 0 Å². The number of hydrogen-bond acceptors (Lipinski definition) is 7. The lowest BCUT2D eigenvalue weighted by Crippen LogP contribution is -2.57. The quantitative estimate of drug-likeness (QED) is 0.0575. The fourth-order valence-corrected chi connectivity index (χ4v) is 6.18. The van der Waals surface area contributed by atoms with Crippen molar-refractivity contribution in [2.24, 2.45) is 0 Å². The second-order valence-corrected chi connectivity index (χ2v) is 12.3. The Morgan fingerprint density at radius 3 is 1.91 bits per heavy atom. The van der Waals surface area contributed by atoms with Crippen molar-refractivity contribution in [3.8, 4) is 5.88 Å². The van der Waals surface area contributed by atoms with Crippen LogP contribution in [-0.4, -0.2) is 69.4 Å². The lowest BCUT2D eigenvalue weighted by molar-refractivity contribution is -0.150. The summed E-state index contributed by atoms with van der Waals surface area (Å²) in [5.41, 5.74) is -0.830. The first kappa shape index (κ1) is 37.9. The minimum atomic E-state index is -1.65. The van der Waals surface area contributed by atoms with E-state index in [1.807, 2.05) is 67.6 Å². The molecule has 0 saturated heterocycles. The van der Waals surface area contributed by atoms with Crippen LogP contribution < -0.4 is 11.0 Å². The third kappa shape index (κ3) is 11.9. The van der Waals surface area contributed by atoms with Gasteiger partial charge >= 0.3 is 11.7 Å². The molecule has 3 rings (SSSR count). The molecule has 0 saturated carbocycles. The molecule has 2 atom stereocenters. The number of benzene rings is 2. The van der Waals surface area contributed by atoms with Crippen molar-refractivity contribution >= 4 is 24.5 Å². The molecule has 4 N–H and O–H groups in total. The molecule has 0 bridgehead atoms. The molecule has 0 spiro atoms. The van der Waals surface area contributed by atoms with E-state index in [4.69, 9.17) is 9.47 Å². The standard InChI is InChI=1S/C36H51N3O7S/c1-2-45-24-25-46-23-22-36(34(42)43,21-15-7-5-3-4-6-8-16-26-47)38-33(41)32(39-27-30(40)37-35(39)44)31(28-17-11-9-12-18-28)29-19-13-10-14-20-29/h9-14,17-20,27,31-32,40,47H,2-8,15-16,21-26H2,1H3,(H,37,44)(H,38,41)(H,42,43). The predicted octanol–water partition coefficient (Wildman–Crippen LogP) is 6.08. The third-order valence-electron chi connectivity index (χ3n) is 8.47. The van der Waals surface area contributed by atoms with Gasteiger partial charge in [0.1, 0.15) is 11.6 Å². The first-order valence-corrected chi connectivity index (χ1v) is 17.4. The fraction of sp³-hybridized carbons (Fsp3) is 0.528. The summed E-state index contributed by atoms with van der Waals surface area (Å²) in [5.74, 6) is -1.99. The number of rotatable bonds is 24. The maximum atomic E-state index is 14.6. The molecule has 0 radical (unpaired) electrons. The van der Waals surface area contributed by atoms with Crippen LogP contribution in [0.15, 0.2) is 71.7 Å². The SMILES string of the molecule is CCOCCOCCC(CCCCCCCCCCS)(NC(=O)C(C(c1ccccc1)c1ccccc1)n1cc(O)[nH]c1=O)C(=O)O. The number of hydrogen-bond donors (Lipinski definition) is 5. The number of aromatic nitrogens is 2. The average molecular weight is 670 g/mol. The number of carbonyl (C=O) groups is 2. The molecule has 10 nitrogen and oxygen atoms in total. The molecule has 0 aliphatic rings. The summed E-state index contributed by atoms with van der Waals surface area (Å²) in [4.78, 5) is 43.1. The number of nitrogens with one attached hydrogen (secondary N) is 2. The summed E-state index contributed by atoms with van der Waals surface area (Å²) >= 11 is 4.27. The van der Waals surface area contributed by atoms with Gasteiger partial charge in [-0.05, 0) is 36.6 Å². The number of H-pyrrole nitrogens is 1. The van der Waals surface area contributed by atoms with Crippen molar-refractivity contribution in [2.45, 2.75) is 88.6 Å². The molecule has 1 heterocycles. The van der Waals surface area contributed by atoms with E-state index < -0.39 is 40.9 Å². The number of ether oxygens (including phenoxy) is 2. The Balaban J connectivity index is 1.92. The van der Waals surface area contributed by atoms with Crippen LogP contribution in [0.1, 0.15) is 94.2 Å². The molecule has 2 aromatic carbocycles. The van der Waals surface area contributed by atoms with Gasteiger partial charge in [0, 0.05) is 25.6 Å². The van der Waals surface area contributed by atoms with Crippen LogP contribution in [-0.2, 0) is 19.1 Å².